The van der Waals surface area contributed by atoms with Crippen LogP contribution in [0.3, 0.4) is 0 Å². The zero-order chi connectivity index (χ0) is 28.7. The lowest BCUT2D eigenvalue weighted by molar-refractivity contribution is -0.268. The Morgan fingerprint density at radius 3 is 2.50 bits per heavy atom. The van der Waals surface area contributed by atoms with Gasteiger partial charge >= 0.3 is 11.9 Å². The van der Waals surface area contributed by atoms with Crippen molar-refractivity contribution in [2.24, 2.45) is 16.7 Å². The number of hydrogen-bond donors (Lipinski definition) is 3. The van der Waals surface area contributed by atoms with E-state index < -0.39 is 70.6 Å². The first-order valence-electron chi connectivity index (χ1n) is 14.2. The van der Waals surface area contributed by atoms with E-state index in [2.05, 4.69) is 0 Å². The zero-order valence-corrected chi connectivity index (χ0v) is 23.4. The van der Waals surface area contributed by atoms with Crippen molar-refractivity contribution in [3.63, 3.8) is 0 Å². The van der Waals surface area contributed by atoms with Crippen molar-refractivity contribution in [3.8, 4) is 0 Å². The Hall–Kier alpha value is -1.86. The standard InChI is InChI=1S/C29H40O11/c1-15-9-21-28(11-17(15)31)13-36-25(34)24-26(3,40-24)19(32)12-35-18(16(2)30)7-5-6-8-23(33)39-20-10-22(38-21)29(14-37-29)27(20,28)4/h5-8,15-22,24,30-32H,9-14H2,1-4H3/b7-5+,8-6-/t15-,16?,17-,18?,19?,20-,21-,22-,24?,26?,27-,28-,29?/m1/s1. The summed E-state index contributed by atoms with van der Waals surface area (Å²) in [5.41, 5.74) is -3.63. The van der Waals surface area contributed by atoms with E-state index >= 15 is 0 Å². The maximum absolute atomic E-state index is 13.3. The van der Waals surface area contributed by atoms with Gasteiger partial charge in [-0.15, -0.1) is 0 Å². The van der Waals surface area contributed by atoms with Crippen molar-refractivity contribution < 1.29 is 53.3 Å². The molecule has 4 heterocycles. The van der Waals surface area contributed by atoms with E-state index in [0.717, 1.165) is 0 Å². The summed E-state index contributed by atoms with van der Waals surface area (Å²) < 4.78 is 36.1. The summed E-state index contributed by atoms with van der Waals surface area (Å²) in [5.74, 6) is -1.22. The van der Waals surface area contributed by atoms with E-state index in [9.17, 15) is 24.9 Å². The first-order valence-corrected chi connectivity index (χ1v) is 14.2. The van der Waals surface area contributed by atoms with Gasteiger partial charge < -0.3 is 43.7 Å². The van der Waals surface area contributed by atoms with Gasteiger partial charge in [-0.2, -0.15) is 0 Å². The summed E-state index contributed by atoms with van der Waals surface area (Å²) in [6.45, 7) is 7.28. The molecule has 11 heteroatoms. The van der Waals surface area contributed by atoms with Gasteiger partial charge in [0.15, 0.2) is 6.10 Å². The SMILES string of the molecule is CC(O)C1/C=C/C=C\C(=O)O[C@@H]2C[C@H]3O[C@@H]4C[C@@H](C)[C@H](O)C[C@]4(COC(=O)C4OC4(C)C(O)CO1)[C@]2(C)C31CO1. The molecular weight excluding hydrogens is 524 g/mol. The van der Waals surface area contributed by atoms with Gasteiger partial charge in [0, 0.05) is 17.9 Å². The molecule has 2 bridgehead atoms. The molecule has 4 aliphatic heterocycles. The van der Waals surface area contributed by atoms with Gasteiger partial charge in [-0.05, 0) is 32.6 Å². The highest BCUT2D eigenvalue weighted by Gasteiger charge is 2.83. The number of carbonyl (C=O) groups is 2. The molecule has 11 nitrogen and oxygen atoms in total. The second-order valence-electron chi connectivity index (χ2n) is 12.9. The van der Waals surface area contributed by atoms with Crippen LogP contribution in [-0.4, -0.2) is 107 Å². The largest absolute Gasteiger partial charge is 0.463 e. The van der Waals surface area contributed by atoms with Crippen LogP contribution in [0.1, 0.15) is 47.0 Å². The van der Waals surface area contributed by atoms with Gasteiger partial charge in [-0.1, -0.05) is 32.1 Å². The van der Waals surface area contributed by atoms with Crippen LogP contribution in [-0.2, 0) is 38.0 Å². The second-order valence-corrected chi connectivity index (χ2v) is 12.9. The van der Waals surface area contributed by atoms with Crippen molar-refractivity contribution in [2.45, 2.75) is 107 Å². The molecule has 3 saturated heterocycles. The number of aliphatic hydroxyl groups is 3. The monoisotopic (exact) mass is 564 g/mol. The quantitative estimate of drug-likeness (QED) is 0.302. The van der Waals surface area contributed by atoms with E-state index in [0.29, 0.717) is 19.4 Å². The Kier molecular flexibility index (Phi) is 6.77. The van der Waals surface area contributed by atoms with E-state index in [1.54, 1.807) is 26.0 Å². The number of allylic oxidation sites excluding steroid dienone is 2. The molecule has 5 fully saturated rings. The van der Waals surface area contributed by atoms with Gasteiger partial charge in [-0.25, -0.2) is 9.59 Å². The fourth-order valence-electron chi connectivity index (χ4n) is 7.76. The number of hydrogen-bond acceptors (Lipinski definition) is 11. The first kappa shape index (κ1) is 28.3. The summed E-state index contributed by atoms with van der Waals surface area (Å²) in [5, 5.41) is 32.0. The van der Waals surface area contributed by atoms with Crippen LogP contribution in [0.15, 0.2) is 24.3 Å². The highest BCUT2D eigenvalue weighted by molar-refractivity contribution is 5.82. The van der Waals surface area contributed by atoms with Crippen molar-refractivity contribution in [1.82, 2.24) is 0 Å². The number of rotatable bonds is 1. The molecule has 6 unspecified atom stereocenters. The number of fused-ring (bicyclic) bond motifs is 1. The Labute approximate surface area is 233 Å². The predicted molar refractivity (Wildman–Crippen MR) is 137 cm³/mol. The Bertz CT molecular complexity index is 1100. The molecule has 13 atom stereocenters. The molecule has 0 amide bonds. The Morgan fingerprint density at radius 1 is 1.05 bits per heavy atom. The molecule has 40 heavy (non-hydrogen) atoms. The van der Waals surface area contributed by atoms with Gasteiger partial charge in [0.05, 0.1) is 43.0 Å². The molecule has 6 aliphatic rings. The number of esters is 2. The molecule has 0 radical (unpaired) electrons. The highest BCUT2D eigenvalue weighted by atomic mass is 16.7. The highest BCUT2D eigenvalue weighted by Crippen LogP contribution is 2.72. The second kappa shape index (κ2) is 9.58. The minimum Gasteiger partial charge on any atom is -0.463 e. The normalized spacial score (nSPS) is 54.6. The van der Waals surface area contributed by atoms with Crippen molar-refractivity contribution in [2.75, 3.05) is 19.8 Å². The third-order valence-electron chi connectivity index (χ3n) is 10.7. The molecule has 2 saturated carbocycles. The molecule has 3 N–H and O–H groups in total. The van der Waals surface area contributed by atoms with Crippen LogP contribution < -0.4 is 0 Å². The van der Waals surface area contributed by atoms with Crippen molar-refractivity contribution in [3.05, 3.63) is 24.3 Å². The average molecular weight is 565 g/mol. The summed E-state index contributed by atoms with van der Waals surface area (Å²) >= 11 is 0. The molecule has 2 spiro atoms. The van der Waals surface area contributed by atoms with Crippen LogP contribution in [0.25, 0.3) is 0 Å². The molecule has 222 valence electrons. The smallest absolute Gasteiger partial charge is 0.338 e. The van der Waals surface area contributed by atoms with E-state index in [4.69, 9.17) is 28.4 Å². The zero-order valence-electron chi connectivity index (χ0n) is 23.4. The van der Waals surface area contributed by atoms with Crippen LogP contribution in [0, 0.1) is 16.7 Å². The lowest BCUT2D eigenvalue weighted by Crippen LogP contribution is -2.69. The van der Waals surface area contributed by atoms with Crippen LogP contribution >= 0.6 is 0 Å². The van der Waals surface area contributed by atoms with E-state index in [1.165, 1.54) is 12.2 Å². The average Bonchev–Trinajstić information content (AvgIpc) is 3.81. The summed E-state index contributed by atoms with van der Waals surface area (Å²) in [6.07, 6.45) is 1.47. The summed E-state index contributed by atoms with van der Waals surface area (Å²) in [6, 6.07) is 0. The van der Waals surface area contributed by atoms with Crippen LogP contribution in [0.5, 0.6) is 0 Å². The summed E-state index contributed by atoms with van der Waals surface area (Å²) in [7, 11) is 0. The maximum atomic E-state index is 13.3. The third-order valence-corrected chi connectivity index (χ3v) is 10.7. The molecule has 0 aromatic rings. The van der Waals surface area contributed by atoms with Gasteiger partial charge in [-0.3, -0.25) is 0 Å². The first-order chi connectivity index (χ1) is 18.9. The third kappa shape index (κ3) is 4.04. The maximum Gasteiger partial charge on any atom is 0.338 e. The number of epoxide rings is 2. The fraction of sp³-hybridized carbons (Fsp3) is 0.793. The molecule has 6 rings (SSSR count). The van der Waals surface area contributed by atoms with Crippen molar-refractivity contribution >= 4 is 11.9 Å². The minimum absolute atomic E-state index is 0.0251. The van der Waals surface area contributed by atoms with Crippen molar-refractivity contribution in [1.29, 1.82) is 0 Å². The number of aliphatic hydroxyl groups excluding tert-OH is 3. The lowest BCUT2D eigenvalue weighted by atomic mass is 9.49. The molecule has 0 aromatic heterocycles. The lowest BCUT2D eigenvalue weighted by Gasteiger charge is -2.60. The van der Waals surface area contributed by atoms with Crippen LogP contribution in [0.4, 0.5) is 0 Å². The number of carbonyl (C=O) groups excluding carboxylic acids is 2. The predicted octanol–water partition coefficient (Wildman–Crippen LogP) is 0.575. The molecular formula is C29H40O11. The minimum atomic E-state index is -1.21. The van der Waals surface area contributed by atoms with Gasteiger partial charge in [0.1, 0.15) is 36.1 Å². The van der Waals surface area contributed by atoms with E-state index in [-0.39, 0.29) is 37.8 Å². The number of ether oxygens (including phenoxy) is 6. The summed E-state index contributed by atoms with van der Waals surface area (Å²) in [4.78, 5) is 26.3. The Morgan fingerprint density at radius 2 is 1.80 bits per heavy atom. The topological polar surface area (TPSA) is 157 Å². The van der Waals surface area contributed by atoms with Gasteiger partial charge in [0.2, 0.25) is 0 Å². The van der Waals surface area contributed by atoms with E-state index in [1.807, 2.05) is 13.8 Å². The fourth-order valence-corrected chi connectivity index (χ4v) is 7.76. The van der Waals surface area contributed by atoms with Gasteiger partial charge in [0.25, 0.3) is 0 Å². The molecule has 0 aromatic carbocycles. The Balaban J connectivity index is 1.37. The number of cyclic esters (lactones) is 1. The molecule has 2 aliphatic carbocycles. The van der Waals surface area contributed by atoms with Crippen LogP contribution in [0.2, 0.25) is 0 Å².